The molecule has 1 saturated heterocycles. The number of amides is 1. The van der Waals surface area contributed by atoms with E-state index in [2.05, 4.69) is 10.3 Å². The van der Waals surface area contributed by atoms with Gasteiger partial charge in [0.25, 0.3) is 11.5 Å². The van der Waals surface area contributed by atoms with Crippen molar-refractivity contribution in [1.82, 2.24) is 14.9 Å². The minimum atomic E-state index is -0.190. The highest BCUT2D eigenvalue weighted by atomic mass is 16.3. The number of aliphatic hydroxyl groups excluding tert-OH is 1. The van der Waals surface area contributed by atoms with E-state index in [9.17, 15) is 14.7 Å². The average Bonchev–Trinajstić information content (AvgIpc) is 3.26. The van der Waals surface area contributed by atoms with Gasteiger partial charge in [-0.3, -0.25) is 9.59 Å². The van der Waals surface area contributed by atoms with Crippen molar-refractivity contribution in [3.8, 4) is 0 Å². The van der Waals surface area contributed by atoms with Gasteiger partial charge in [-0.25, -0.2) is 4.98 Å². The quantitative estimate of drug-likeness (QED) is 0.655. The number of nitrogens with zero attached hydrogens (tertiary/aromatic N) is 3. The summed E-state index contributed by atoms with van der Waals surface area (Å²) in [7, 11) is 0. The summed E-state index contributed by atoms with van der Waals surface area (Å²) < 4.78 is 1.66. The summed E-state index contributed by atoms with van der Waals surface area (Å²) in [5.41, 5.74) is 2.69. The molecule has 7 heteroatoms. The molecule has 2 aromatic carbocycles. The molecule has 2 N–H and O–H groups in total. The molecule has 0 unspecified atom stereocenters. The molecular formula is C23H26N4O3. The van der Waals surface area contributed by atoms with Gasteiger partial charge >= 0.3 is 0 Å². The molecule has 4 rings (SSSR count). The minimum Gasteiger partial charge on any atom is -0.396 e. The van der Waals surface area contributed by atoms with Gasteiger partial charge in [0, 0.05) is 44.3 Å². The second-order valence-electron chi connectivity index (χ2n) is 7.64. The summed E-state index contributed by atoms with van der Waals surface area (Å²) in [6, 6.07) is 15.0. The van der Waals surface area contributed by atoms with Crippen LogP contribution >= 0.6 is 0 Å². The Hall–Kier alpha value is -3.19. The molecular weight excluding hydrogens is 380 g/mol. The van der Waals surface area contributed by atoms with Crippen LogP contribution in [0.5, 0.6) is 0 Å². The third-order valence-electron chi connectivity index (χ3n) is 5.65. The molecule has 1 aliphatic rings. The Kier molecular flexibility index (Phi) is 5.81. The van der Waals surface area contributed by atoms with Crippen molar-refractivity contribution in [1.29, 1.82) is 0 Å². The largest absolute Gasteiger partial charge is 0.396 e. The fourth-order valence-electron chi connectivity index (χ4n) is 3.94. The Bertz CT molecular complexity index is 1110. The Morgan fingerprint density at radius 2 is 2.03 bits per heavy atom. The lowest BCUT2D eigenvalue weighted by molar-refractivity contribution is 0.0951. The maximum absolute atomic E-state index is 13.1. The van der Waals surface area contributed by atoms with Crippen LogP contribution in [0.25, 0.3) is 11.0 Å². The molecule has 2 heterocycles. The van der Waals surface area contributed by atoms with E-state index in [4.69, 9.17) is 0 Å². The van der Waals surface area contributed by atoms with Gasteiger partial charge in [0.2, 0.25) is 0 Å². The number of nitrogens with one attached hydrogen (secondary N) is 1. The van der Waals surface area contributed by atoms with Gasteiger partial charge in [0.1, 0.15) is 0 Å². The predicted octanol–water partition coefficient (Wildman–Crippen LogP) is 2.17. The number of anilines is 1. The van der Waals surface area contributed by atoms with Crippen molar-refractivity contribution >= 4 is 22.8 Å². The fraction of sp³-hybridized carbons (Fsp3) is 0.348. The zero-order chi connectivity index (χ0) is 21.1. The Morgan fingerprint density at radius 3 is 2.73 bits per heavy atom. The smallest absolute Gasteiger partial charge is 0.293 e. The Balaban J connectivity index is 1.63. The molecule has 1 aliphatic heterocycles. The number of aryl methyl sites for hydroxylation is 1. The molecule has 0 aliphatic carbocycles. The normalized spacial score (nSPS) is 16.2. The predicted molar refractivity (Wildman–Crippen MR) is 117 cm³/mol. The van der Waals surface area contributed by atoms with Crippen molar-refractivity contribution < 1.29 is 9.90 Å². The molecule has 1 fully saturated rings. The Labute approximate surface area is 175 Å². The van der Waals surface area contributed by atoms with Crippen LogP contribution in [-0.2, 0) is 13.1 Å². The molecule has 7 nitrogen and oxygen atoms in total. The second kappa shape index (κ2) is 8.67. The van der Waals surface area contributed by atoms with E-state index < -0.39 is 0 Å². The van der Waals surface area contributed by atoms with Crippen molar-refractivity contribution in [3.63, 3.8) is 0 Å². The fourth-order valence-corrected chi connectivity index (χ4v) is 3.94. The van der Waals surface area contributed by atoms with Gasteiger partial charge in [0.15, 0.2) is 5.82 Å². The Morgan fingerprint density at radius 1 is 1.23 bits per heavy atom. The van der Waals surface area contributed by atoms with Crippen LogP contribution in [0.3, 0.4) is 0 Å². The summed E-state index contributed by atoms with van der Waals surface area (Å²) in [5, 5.41) is 12.3. The SMILES string of the molecule is CCn1c(=O)c(N2CC[C@H](CO)C2)nc2ccc(C(=O)NCc3ccccc3)cc21. The summed E-state index contributed by atoms with van der Waals surface area (Å²) >= 11 is 0. The maximum atomic E-state index is 13.1. The number of rotatable bonds is 6. The van der Waals surface area contributed by atoms with Gasteiger partial charge in [-0.05, 0) is 37.1 Å². The van der Waals surface area contributed by atoms with Crippen LogP contribution in [-0.4, -0.2) is 40.3 Å². The molecule has 1 aromatic heterocycles. The molecule has 0 radical (unpaired) electrons. The van der Waals surface area contributed by atoms with E-state index in [0.29, 0.717) is 48.6 Å². The van der Waals surface area contributed by atoms with Crippen LogP contribution in [0.1, 0.15) is 29.3 Å². The van der Waals surface area contributed by atoms with E-state index in [0.717, 1.165) is 12.0 Å². The number of benzene rings is 2. The average molecular weight is 406 g/mol. The van der Waals surface area contributed by atoms with Crippen LogP contribution in [0.15, 0.2) is 53.3 Å². The van der Waals surface area contributed by atoms with E-state index in [1.807, 2.05) is 42.2 Å². The molecule has 0 bridgehead atoms. The lowest BCUT2D eigenvalue weighted by atomic mass is 10.1. The van der Waals surface area contributed by atoms with E-state index >= 15 is 0 Å². The van der Waals surface area contributed by atoms with Crippen molar-refractivity contribution in [2.24, 2.45) is 5.92 Å². The zero-order valence-corrected chi connectivity index (χ0v) is 17.0. The highest BCUT2D eigenvalue weighted by Gasteiger charge is 2.26. The van der Waals surface area contributed by atoms with Crippen molar-refractivity contribution in [2.75, 3.05) is 24.6 Å². The van der Waals surface area contributed by atoms with Gasteiger partial charge in [-0.2, -0.15) is 0 Å². The molecule has 1 atom stereocenters. The maximum Gasteiger partial charge on any atom is 0.293 e. The molecule has 156 valence electrons. The first-order valence-electron chi connectivity index (χ1n) is 10.3. The zero-order valence-electron chi connectivity index (χ0n) is 17.0. The summed E-state index contributed by atoms with van der Waals surface area (Å²) in [6.07, 6.45) is 0.850. The number of hydrogen-bond donors (Lipinski definition) is 2. The number of aromatic nitrogens is 2. The molecule has 1 amide bonds. The monoisotopic (exact) mass is 406 g/mol. The lowest BCUT2D eigenvalue weighted by Crippen LogP contribution is -2.32. The van der Waals surface area contributed by atoms with Crippen LogP contribution in [0.4, 0.5) is 5.82 Å². The number of aliphatic hydroxyl groups is 1. The number of hydrogen-bond acceptors (Lipinski definition) is 5. The summed E-state index contributed by atoms with van der Waals surface area (Å²) in [6.45, 7) is 4.30. The third kappa shape index (κ3) is 3.93. The highest BCUT2D eigenvalue weighted by Crippen LogP contribution is 2.22. The topological polar surface area (TPSA) is 87.5 Å². The second-order valence-corrected chi connectivity index (χ2v) is 7.64. The van der Waals surface area contributed by atoms with Crippen molar-refractivity contribution in [3.05, 3.63) is 70.0 Å². The lowest BCUT2D eigenvalue weighted by Gasteiger charge is -2.19. The number of fused-ring (bicyclic) bond motifs is 1. The van der Waals surface area contributed by atoms with Gasteiger partial charge in [-0.15, -0.1) is 0 Å². The molecule has 0 saturated carbocycles. The first-order valence-corrected chi connectivity index (χ1v) is 10.3. The highest BCUT2D eigenvalue weighted by molar-refractivity contribution is 5.97. The van der Waals surface area contributed by atoms with Gasteiger partial charge < -0.3 is 19.9 Å². The third-order valence-corrected chi connectivity index (χ3v) is 5.65. The number of carbonyl (C=O) groups is 1. The van der Waals surface area contributed by atoms with E-state index in [1.54, 1.807) is 22.8 Å². The number of carbonyl (C=O) groups excluding carboxylic acids is 1. The first-order chi connectivity index (χ1) is 14.6. The van der Waals surface area contributed by atoms with E-state index in [-0.39, 0.29) is 24.0 Å². The van der Waals surface area contributed by atoms with Crippen LogP contribution in [0, 0.1) is 5.92 Å². The van der Waals surface area contributed by atoms with Crippen molar-refractivity contribution in [2.45, 2.75) is 26.4 Å². The minimum absolute atomic E-state index is 0.119. The van der Waals surface area contributed by atoms with Gasteiger partial charge in [0.05, 0.1) is 11.0 Å². The van der Waals surface area contributed by atoms with Crippen LogP contribution < -0.4 is 15.8 Å². The van der Waals surface area contributed by atoms with E-state index in [1.165, 1.54) is 0 Å². The molecule has 0 spiro atoms. The summed E-state index contributed by atoms with van der Waals surface area (Å²) in [5.74, 6) is 0.402. The van der Waals surface area contributed by atoms with Gasteiger partial charge in [-0.1, -0.05) is 30.3 Å². The molecule has 30 heavy (non-hydrogen) atoms. The van der Waals surface area contributed by atoms with Crippen LogP contribution in [0.2, 0.25) is 0 Å². The first kappa shape index (κ1) is 20.1. The standard InChI is InChI=1S/C23H26N4O3/c1-2-27-20-12-18(22(29)24-13-16-6-4-3-5-7-16)8-9-19(20)25-21(23(27)30)26-11-10-17(14-26)15-28/h3-9,12,17,28H,2,10-11,13-15H2,1H3,(H,24,29)/t17-/m0/s1. The molecule has 3 aromatic rings. The summed E-state index contributed by atoms with van der Waals surface area (Å²) in [4.78, 5) is 32.3.